The molecule has 2 aromatic rings. The molecule has 0 spiro atoms. The molecule has 0 amide bonds. The molecule has 0 aliphatic carbocycles. The Hall–Kier alpha value is -1.61. The lowest BCUT2D eigenvalue weighted by atomic mass is 10.2. The summed E-state index contributed by atoms with van der Waals surface area (Å²) in [5, 5.41) is 0. The number of rotatable bonds is 14. The Balaban J connectivity index is 1.73. The normalized spacial score (nSPS) is 11.6. The highest BCUT2D eigenvalue weighted by Gasteiger charge is 2.21. The fourth-order valence-electron chi connectivity index (χ4n) is 3.04. The maximum Gasteiger partial charge on any atom is 0.264 e. The monoisotopic (exact) mass is 512 g/mol. The Morgan fingerprint density at radius 1 is 0.839 bits per heavy atom. The third-order valence-electron chi connectivity index (χ3n) is 5.05. The number of sulfonamides is 1. The van der Waals surface area contributed by atoms with E-state index in [4.69, 9.17) is 9.47 Å². The summed E-state index contributed by atoms with van der Waals surface area (Å²) in [6.45, 7) is 3.48. The van der Waals surface area contributed by atoms with Gasteiger partial charge in [-0.05, 0) is 75.0 Å². The van der Waals surface area contributed by atoms with Gasteiger partial charge in [-0.1, -0.05) is 28.8 Å². The molecule has 0 aromatic heterocycles. The van der Waals surface area contributed by atoms with Crippen LogP contribution in [-0.2, 0) is 14.8 Å². The van der Waals surface area contributed by atoms with Crippen molar-refractivity contribution in [3.8, 4) is 5.75 Å². The maximum atomic E-state index is 12.8. The van der Waals surface area contributed by atoms with E-state index >= 15 is 0 Å². The molecule has 31 heavy (non-hydrogen) atoms. The van der Waals surface area contributed by atoms with E-state index in [9.17, 15) is 8.42 Å². The van der Waals surface area contributed by atoms with Gasteiger partial charge in [0.15, 0.2) is 0 Å². The molecule has 2 aromatic carbocycles. The molecule has 6 nitrogen and oxygen atoms in total. The molecule has 0 saturated carbocycles. The summed E-state index contributed by atoms with van der Waals surface area (Å²) in [5.41, 5.74) is 0.591. The van der Waals surface area contributed by atoms with Gasteiger partial charge in [-0.25, -0.2) is 8.42 Å². The first-order valence-corrected chi connectivity index (χ1v) is 12.7. The van der Waals surface area contributed by atoms with E-state index < -0.39 is 10.0 Å². The third kappa shape index (κ3) is 8.44. The molecule has 0 atom stereocenters. The third-order valence-corrected chi connectivity index (χ3v) is 7.38. The Bertz CT molecular complexity index is 873. The van der Waals surface area contributed by atoms with Crippen LogP contribution in [0.25, 0.3) is 0 Å². The van der Waals surface area contributed by atoms with Crippen LogP contribution in [0.15, 0.2) is 57.9 Å². The van der Waals surface area contributed by atoms with E-state index in [0.29, 0.717) is 12.3 Å². The van der Waals surface area contributed by atoms with Crippen molar-refractivity contribution in [1.29, 1.82) is 0 Å². The zero-order valence-corrected chi connectivity index (χ0v) is 21.0. The lowest BCUT2D eigenvalue weighted by Gasteiger charge is -2.20. The smallest absolute Gasteiger partial charge is 0.264 e. The van der Waals surface area contributed by atoms with Crippen molar-refractivity contribution in [1.82, 2.24) is 4.90 Å². The highest BCUT2D eigenvalue weighted by atomic mass is 79.9. The number of benzene rings is 2. The fraction of sp³-hybridized carbons (Fsp3) is 0.478. The lowest BCUT2D eigenvalue weighted by molar-refractivity contribution is 0.160. The van der Waals surface area contributed by atoms with Crippen molar-refractivity contribution < 1.29 is 17.9 Å². The van der Waals surface area contributed by atoms with Crippen molar-refractivity contribution in [2.75, 3.05) is 51.8 Å². The Kier molecular flexibility index (Phi) is 10.8. The molecule has 0 unspecified atom stereocenters. The zero-order chi connectivity index (χ0) is 22.7. The van der Waals surface area contributed by atoms with E-state index in [1.807, 2.05) is 12.1 Å². The molecule has 2 rings (SSSR count). The summed E-state index contributed by atoms with van der Waals surface area (Å²) in [5.74, 6) is 0.748. The minimum Gasteiger partial charge on any atom is -0.494 e. The summed E-state index contributed by atoms with van der Waals surface area (Å²) in [7, 11) is 1.80. The van der Waals surface area contributed by atoms with Crippen molar-refractivity contribution >= 4 is 31.6 Å². The van der Waals surface area contributed by atoms with Crippen LogP contribution < -0.4 is 9.04 Å². The topological polar surface area (TPSA) is 59.1 Å². The molecule has 0 bridgehead atoms. The van der Waals surface area contributed by atoms with Crippen LogP contribution in [0.3, 0.4) is 0 Å². The largest absolute Gasteiger partial charge is 0.494 e. The minimum absolute atomic E-state index is 0.253. The first kappa shape index (κ1) is 25.6. The zero-order valence-electron chi connectivity index (χ0n) is 18.6. The number of likely N-dealkylation sites (N-methyl/N-ethyl adjacent to an activating group) is 1. The Labute approximate surface area is 195 Å². The fourth-order valence-corrected chi connectivity index (χ4v) is 4.50. The van der Waals surface area contributed by atoms with Crippen LogP contribution in [0.4, 0.5) is 5.69 Å². The van der Waals surface area contributed by atoms with Crippen LogP contribution in [0.5, 0.6) is 5.75 Å². The van der Waals surface area contributed by atoms with Crippen molar-refractivity contribution in [3.05, 3.63) is 53.0 Å². The van der Waals surface area contributed by atoms with Crippen LogP contribution in [0.1, 0.15) is 25.7 Å². The highest BCUT2D eigenvalue weighted by molar-refractivity contribution is 9.10. The van der Waals surface area contributed by atoms with Crippen LogP contribution in [-0.4, -0.2) is 60.8 Å². The quantitative estimate of drug-likeness (QED) is 0.340. The average molecular weight is 513 g/mol. The summed E-state index contributed by atoms with van der Waals surface area (Å²) in [6.07, 6.45) is 4.48. The second-order valence-corrected chi connectivity index (χ2v) is 10.4. The highest BCUT2D eigenvalue weighted by Crippen LogP contribution is 2.25. The van der Waals surface area contributed by atoms with Crippen molar-refractivity contribution in [2.24, 2.45) is 0 Å². The number of hydrogen-bond donors (Lipinski definition) is 0. The standard InChI is InChI=1S/C23H33BrN2O4S/c1-25(17-19-29-3)16-6-4-5-7-18-30-22-12-10-21(11-13-22)26(2)31(27,28)23-14-8-20(24)9-15-23/h8-15H,4-7,16-19H2,1-3H3. The predicted molar refractivity (Wildman–Crippen MR) is 130 cm³/mol. The van der Waals surface area contributed by atoms with Gasteiger partial charge in [-0.3, -0.25) is 4.31 Å². The van der Waals surface area contributed by atoms with Crippen LogP contribution >= 0.6 is 15.9 Å². The van der Waals surface area contributed by atoms with Crippen molar-refractivity contribution in [3.63, 3.8) is 0 Å². The van der Waals surface area contributed by atoms with Gasteiger partial charge in [0.05, 0.1) is 23.8 Å². The van der Waals surface area contributed by atoms with Gasteiger partial charge in [0.1, 0.15) is 5.75 Å². The Morgan fingerprint density at radius 2 is 1.48 bits per heavy atom. The van der Waals surface area contributed by atoms with Gasteiger partial charge in [0.2, 0.25) is 0 Å². The molecule has 172 valence electrons. The number of halogens is 1. The number of methoxy groups -OCH3 is 1. The van der Waals surface area contributed by atoms with Crippen LogP contribution in [0, 0.1) is 0 Å². The van der Waals surface area contributed by atoms with E-state index in [1.165, 1.54) is 17.1 Å². The molecule has 0 N–H and O–H groups in total. The van der Waals surface area contributed by atoms with E-state index in [1.54, 1.807) is 50.6 Å². The number of unbranched alkanes of at least 4 members (excludes halogenated alkanes) is 3. The van der Waals surface area contributed by atoms with Crippen LogP contribution in [0.2, 0.25) is 0 Å². The molecule has 0 saturated heterocycles. The Morgan fingerprint density at radius 3 is 2.13 bits per heavy atom. The van der Waals surface area contributed by atoms with Gasteiger partial charge >= 0.3 is 0 Å². The minimum atomic E-state index is -3.60. The van der Waals surface area contributed by atoms with E-state index in [-0.39, 0.29) is 4.90 Å². The van der Waals surface area contributed by atoms with Crippen molar-refractivity contribution in [2.45, 2.75) is 30.6 Å². The molecule has 0 fully saturated rings. The maximum absolute atomic E-state index is 12.8. The molecular formula is C23H33BrN2O4S. The van der Waals surface area contributed by atoms with E-state index in [2.05, 4.69) is 27.9 Å². The number of anilines is 1. The van der Waals surface area contributed by atoms with Gasteiger partial charge in [-0.2, -0.15) is 0 Å². The summed E-state index contributed by atoms with van der Waals surface area (Å²) >= 11 is 3.33. The molecular weight excluding hydrogens is 480 g/mol. The molecule has 0 aliphatic rings. The number of hydrogen-bond acceptors (Lipinski definition) is 5. The number of ether oxygens (including phenoxy) is 2. The van der Waals surface area contributed by atoms with Gasteiger partial charge < -0.3 is 14.4 Å². The van der Waals surface area contributed by atoms with Gasteiger partial charge in [0, 0.05) is 25.2 Å². The number of nitrogens with zero attached hydrogens (tertiary/aromatic N) is 2. The lowest BCUT2D eigenvalue weighted by Crippen LogP contribution is -2.26. The molecule has 0 heterocycles. The summed E-state index contributed by atoms with van der Waals surface area (Å²) in [4.78, 5) is 2.54. The first-order chi connectivity index (χ1) is 14.8. The first-order valence-electron chi connectivity index (χ1n) is 10.5. The molecule has 8 heteroatoms. The van der Waals surface area contributed by atoms with E-state index in [0.717, 1.165) is 42.8 Å². The second-order valence-electron chi connectivity index (χ2n) is 7.48. The van der Waals surface area contributed by atoms with Gasteiger partial charge in [0.25, 0.3) is 10.0 Å². The summed E-state index contributed by atoms with van der Waals surface area (Å²) in [6, 6.07) is 13.8. The van der Waals surface area contributed by atoms with Gasteiger partial charge in [-0.15, -0.1) is 0 Å². The second kappa shape index (κ2) is 13.1. The average Bonchev–Trinajstić information content (AvgIpc) is 2.77. The molecule has 0 aliphatic heterocycles. The summed E-state index contributed by atoms with van der Waals surface area (Å²) < 4.78 is 38.6. The molecule has 0 radical (unpaired) electrons. The SMILES string of the molecule is COCCN(C)CCCCCCOc1ccc(N(C)S(=O)(=O)c2ccc(Br)cc2)cc1. The predicted octanol–water partition coefficient (Wildman–Crippen LogP) is 4.79.